The number of hydrogen-bond donors (Lipinski definition) is 1. The molecular weight excluding hydrogens is 554 g/mol. The van der Waals surface area contributed by atoms with E-state index in [1.54, 1.807) is 18.2 Å². The Morgan fingerprint density at radius 1 is 0.952 bits per heavy atom. The molecule has 0 fully saturated rings. The average molecular weight is 594 g/mol. The van der Waals surface area contributed by atoms with E-state index in [1.807, 2.05) is 68.4 Å². The van der Waals surface area contributed by atoms with Crippen LogP contribution in [-0.2, 0) is 32.6 Å². The van der Waals surface area contributed by atoms with Gasteiger partial charge in [-0.2, -0.15) is 0 Å². The van der Waals surface area contributed by atoms with Crippen LogP contribution in [0.4, 0.5) is 5.69 Å². The van der Waals surface area contributed by atoms with Crippen molar-refractivity contribution >= 4 is 27.5 Å². The van der Waals surface area contributed by atoms with Crippen molar-refractivity contribution in [1.82, 2.24) is 10.2 Å². The second-order valence-electron chi connectivity index (χ2n) is 10.2. The Bertz CT molecular complexity index is 1480. The molecule has 0 aromatic heterocycles. The summed E-state index contributed by atoms with van der Waals surface area (Å²) in [5, 5.41) is 3.00. The molecule has 0 radical (unpaired) electrons. The van der Waals surface area contributed by atoms with Crippen LogP contribution in [-0.4, -0.2) is 56.8 Å². The van der Waals surface area contributed by atoms with Crippen LogP contribution in [0.3, 0.4) is 0 Å². The average Bonchev–Trinajstić information content (AvgIpc) is 3.47. The fraction of sp³-hybridized carbons (Fsp3) is 0.375. The highest BCUT2D eigenvalue weighted by molar-refractivity contribution is 7.92. The van der Waals surface area contributed by atoms with Gasteiger partial charge < -0.3 is 19.7 Å². The van der Waals surface area contributed by atoms with E-state index in [4.69, 9.17) is 9.47 Å². The number of nitrogens with zero attached hydrogens (tertiary/aromatic N) is 2. The summed E-state index contributed by atoms with van der Waals surface area (Å²) in [4.78, 5) is 29.5. The third-order valence-corrected chi connectivity index (χ3v) is 9.07. The third-order valence-electron chi connectivity index (χ3n) is 7.33. The van der Waals surface area contributed by atoms with Crippen molar-refractivity contribution < 1.29 is 27.5 Å². The van der Waals surface area contributed by atoms with Crippen LogP contribution in [0.15, 0.2) is 72.8 Å². The number of anilines is 1. The van der Waals surface area contributed by atoms with Crippen molar-refractivity contribution in [1.29, 1.82) is 0 Å². The lowest BCUT2D eigenvalue weighted by atomic mass is 10.0. The molecule has 42 heavy (non-hydrogen) atoms. The van der Waals surface area contributed by atoms with Gasteiger partial charge in [-0.3, -0.25) is 13.9 Å². The summed E-state index contributed by atoms with van der Waals surface area (Å²) in [6, 6.07) is 21.1. The number of sulfonamides is 1. The highest BCUT2D eigenvalue weighted by Crippen LogP contribution is 2.36. The van der Waals surface area contributed by atoms with Crippen LogP contribution in [0.2, 0.25) is 0 Å². The fourth-order valence-electron chi connectivity index (χ4n) is 4.79. The zero-order valence-electron chi connectivity index (χ0n) is 24.4. The van der Waals surface area contributed by atoms with Crippen LogP contribution in [0.1, 0.15) is 43.4 Å². The standard InChI is InChI=1S/C32H39N3O6S/c1-4-6-18-33-32(37)28(19-25-13-8-7-9-14-25)34(21-26-15-11-10-12-24(26)3)31(36)22-35(42(38,39)5-2)27-16-17-29-30(20-27)41-23-40-29/h7-17,20,28H,4-6,18-19,21-23H2,1-3H3,(H,33,37). The van der Waals surface area contributed by atoms with E-state index in [0.717, 1.165) is 33.8 Å². The Balaban J connectivity index is 1.74. The van der Waals surface area contributed by atoms with Crippen LogP contribution < -0.4 is 19.1 Å². The Kier molecular flexibility index (Phi) is 10.5. The van der Waals surface area contributed by atoms with Gasteiger partial charge >= 0.3 is 0 Å². The molecule has 3 aromatic carbocycles. The highest BCUT2D eigenvalue weighted by Gasteiger charge is 2.34. The molecule has 1 unspecified atom stereocenters. The molecule has 1 atom stereocenters. The van der Waals surface area contributed by atoms with E-state index in [2.05, 4.69) is 5.32 Å². The lowest BCUT2D eigenvalue weighted by Crippen LogP contribution is -2.53. The minimum absolute atomic E-state index is 0.0385. The van der Waals surface area contributed by atoms with Crippen molar-refractivity contribution in [2.45, 2.75) is 52.6 Å². The molecule has 0 aliphatic carbocycles. The molecule has 2 amide bonds. The van der Waals surface area contributed by atoms with Gasteiger partial charge in [0.25, 0.3) is 0 Å². The zero-order chi connectivity index (χ0) is 30.1. The summed E-state index contributed by atoms with van der Waals surface area (Å²) in [6.45, 7) is 5.72. The summed E-state index contributed by atoms with van der Waals surface area (Å²) in [5.41, 5.74) is 3.02. The maximum absolute atomic E-state index is 14.3. The number of nitrogens with one attached hydrogen (secondary N) is 1. The van der Waals surface area contributed by atoms with Crippen molar-refractivity contribution in [3.63, 3.8) is 0 Å². The maximum atomic E-state index is 14.3. The summed E-state index contributed by atoms with van der Waals surface area (Å²) in [5.74, 6) is -0.0592. The fourth-order valence-corrected chi connectivity index (χ4v) is 5.84. The second-order valence-corrected chi connectivity index (χ2v) is 12.4. The quantitative estimate of drug-likeness (QED) is 0.277. The van der Waals surface area contributed by atoms with E-state index in [1.165, 1.54) is 11.8 Å². The van der Waals surface area contributed by atoms with Crippen molar-refractivity contribution in [2.24, 2.45) is 0 Å². The molecule has 1 aliphatic heterocycles. The minimum Gasteiger partial charge on any atom is -0.454 e. The third kappa shape index (κ3) is 7.61. The first-order valence-electron chi connectivity index (χ1n) is 14.3. The van der Waals surface area contributed by atoms with Gasteiger partial charge in [0.1, 0.15) is 12.6 Å². The number of ether oxygens (including phenoxy) is 2. The predicted octanol–water partition coefficient (Wildman–Crippen LogP) is 4.44. The smallest absolute Gasteiger partial charge is 0.244 e. The first-order valence-corrected chi connectivity index (χ1v) is 15.9. The number of rotatable bonds is 14. The van der Waals surface area contributed by atoms with Gasteiger partial charge in [0.05, 0.1) is 11.4 Å². The first kappa shape index (κ1) is 30.9. The zero-order valence-corrected chi connectivity index (χ0v) is 25.2. The number of amides is 2. The number of unbranched alkanes of at least 4 members (excludes halogenated alkanes) is 1. The summed E-state index contributed by atoms with van der Waals surface area (Å²) >= 11 is 0. The Morgan fingerprint density at radius 3 is 2.38 bits per heavy atom. The largest absolute Gasteiger partial charge is 0.454 e. The number of aryl methyl sites for hydroxylation is 1. The second kappa shape index (κ2) is 14.2. The van der Waals surface area contributed by atoms with E-state index in [9.17, 15) is 18.0 Å². The normalized spacial score (nSPS) is 12.9. The molecule has 224 valence electrons. The highest BCUT2D eigenvalue weighted by atomic mass is 32.2. The first-order chi connectivity index (χ1) is 20.2. The molecule has 0 bridgehead atoms. The Morgan fingerprint density at radius 2 is 1.67 bits per heavy atom. The van der Waals surface area contributed by atoms with Crippen LogP contribution in [0.5, 0.6) is 11.5 Å². The Labute approximate surface area is 248 Å². The minimum atomic E-state index is -3.87. The molecule has 4 rings (SSSR count). The number of hydrogen-bond acceptors (Lipinski definition) is 6. The van der Waals surface area contributed by atoms with Crippen LogP contribution in [0.25, 0.3) is 0 Å². The molecular formula is C32H39N3O6S. The van der Waals surface area contributed by atoms with Crippen molar-refractivity contribution in [2.75, 3.05) is 29.9 Å². The predicted molar refractivity (Wildman–Crippen MR) is 163 cm³/mol. The Hall–Kier alpha value is -4.05. The number of benzene rings is 3. The summed E-state index contributed by atoms with van der Waals surface area (Å²) in [7, 11) is -3.87. The number of carbonyl (C=O) groups is 2. The van der Waals surface area contributed by atoms with Gasteiger partial charge in [0.15, 0.2) is 11.5 Å². The molecule has 0 saturated heterocycles. The maximum Gasteiger partial charge on any atom is 0.244 e. The molecule has 1 heterocycles. The molecule has 1 N–H and O–H groups in total. The molecule has 1 aliphatic rings. The summed E-state index contributed by atoms with van der Waals surface area (Å²) < 4.78 is 38.6. The van der Waals surface area contributed by atoms with Gasteiger partial charge in [-0.1, -0.05) is 67.9 Å². The molecule has 0 spiro atoms. The van der Waals surface area contributed by atoms with E-state index in [-0.39, 0.29) is 37.1 Å². The topological polar surface area (TPSA) is 105 Å². The number of fused-ring (bicyclic) bond motifs is 1. The van der Waals surface area contributed by atoms with Gasteiger partial charge in [-0.05, 0) is 49.1 Å². The molecule has 0 saturated carbocycles. The lowest BCUT2D eigenvalue weighted by Gasteiger charge is -2.34. The SMILES string of the molecule is CCCCNC(=O)C(Cc1ccccc1)N(Cc1ccccc1C)C(=O)CN(c1ccc2c(c1)OCO2)S(=O)(=O)CC. The molecule has 9 nitrogen and oxygen atoms in total. The van der Waals surface area contributed by atoms with E-state index >= 15 is 0 Å². The molecule has 3 aromatic rings. The van der Waals surface area contributed by atoms with Crippen molar-refractivity contribution in [3.8, 4) is 11.5 Å². The van der Waals surface area contributed by atoms with Gasteiger partial charge in [0, 0.05) is 25.6 Å². The van der Waals surface area contributed by atoms with Crippen LogP contribution >= 0.6 is 0 Å². The summed E-state index contributed by atoms with van der Waals surface area (Å²) in [6.07, 6.45) is 2.00. The lowest BCUT2D eigenvalue weighted by molar-refractivity contribution is -0.140. The van der Waals surface area contributed by atoms with Crippen LogP contribution in [0, 0.1) is 6.92 Å². The van der Waals surface area contributed by atoms with E-state index in [0.29, 0.717) is 18.0 Å². The van der Waals surface area contributed by atoms with Gasteiger partial charge in [0.2, 0.25) is 28.6 Å². The van der Waals surface area contributed by atoms with Crippen molar-refractivity contribution in [3.05, 3.63) is 89.5 Å². The van der Waals surface area contributed by atoms with E-state index < -0.39 is 28.5 Å². The monoisotopic (exact) mass is 593 g/mol. The number of carbonyl (C=O) groups excluding carboxylic acids is 2. The van der Waals surface area contributed by atoms with Gasteiger partial charge in [-0.15, -0.1) is 0 Å². The van der Waals surface area contributed by atoms with Gasteiger partial charge in [-0.25, -0.2) is 8.42 Å². The molecule has 10 heteroatoms.